The first-order valence-electron chi connectivity index (χ1n) is 13.1. The number of halogens is 2. The summed E-state index contributed by atoms with van der Waals surface area (Å²) in [5.41, 5.74) is 2.05. The fourth-order valence-electron chi connectivity index (χ4n) is 5.27. The minimum absolute atomic E-state index is 0.0623. The summed E-state index contributed by atoms with van der Waals surface area (Å²) in [5.74, 6) is -1.51. The third kappa shape index (κ3) is 4.61. The number of allylic oxidation sites excluding steroid dienone is 4. The molecule has 0 spiro atoms. The maximum absolute atomic E-state index is 15.4. The summed E-state index contributed by atoms with van der Waals surface area (Å²) >= 11 is 6.59. The number of carbonyl (C=O) groups excluding carboxylic acids is 2. The van der Waals surface area contributed by atoms with Gasteiger partial charge in [-0.15, -0.1) is 0 Å². The average Bonchev–Trinajstić information content (AvgIpc) is 3.53. The number of ketones is 1. The first-order chi connectivity index (χ1) is 19.6. The lowest BCUT2D eigenvalue weighted by atomic mass is 9.92. The number of fused-ring (bicyclic) bond motifs is 4. The molecule has 1 N–H and O–H groups in total. The van der Waals surface area contributed by atoms with Crippen LogP contribution in [0.25, 0.3) is 27.4 Å². The maximum Gasteiger partial charge on any atom is 0.282 e. The summed E-state index contributed by atoms with van der Waals surface area (Å²) in [7, 11) is -4.07. The minimum atomic E-state index is -4.07. The van der Waals surface area contributed by atoms with E-state index in [9.17, 15) is 18.0 Å². The van der Waals surface area contributed by atoms with Crippen LogP contribution in [0.2, 0.25) is 5.15 Å². The number of amides is 1. The van der Waals surface area contributed by atoms with Crippen LogP contribution < -0.4 is 9.46 Å². The van der Waals surface area contributed by atoms with Crippen LogP contribution in [-0.4, -0.2) is 41.5 Å². The first-order valence-corrected chi connectivity index (χ1v) is 15.0. The van der Waals surface area contributed by atoms with Crippen molar-refractivity contribution in [3.05, 3.63) is 88.0 Å². The Hall–Kier alpha value is -4.02. The lowest BCUT2D eigenvalue weighted by molar-refractivity contribution is -0.113. The molecular formula is C30H25ClFN3O5S. The van der Waals surface area contributed by atoms with Gasteiger partial charge in [0, 0.05) is 40.5 Å². The van der Waals surface area contributed by atoms with Gasteiger partial charge in [0.05, 0.1) is 34.8 Å². The fourth-order valence-corrected chi connectivity index (χ4v) is 6.07. The van der Waals surface area contributed by atoms with Crippen molar-refractivity contribution >= 4 is 60.7 Å². The molecule has 2 aromatic heterocycles. The van der Waals surface area contributed by atoms with Crippen LogP contribution >= 0.6 is 11.6 Å². The predicted molar refractivity (Wildman–Crippen MR) is 155 cm³/mol. The average molecular weight is 594 g/mol. The number of sulfonamides is 1. The van der Waals surface area contributed by atoms with Crippen molar-refractivity contribution in [1.82, 2.24) is 14.3 Å². The number of benzene rings is 2. The summed E-state index contributed by atoms with van der Waals surface area (Å²) in [6, 6.07) is 10.5. The normalized spacial score (nSPS) is 15.0. The molecule has 11 heteroatoms. The predicted octanol–water partition coefficient (Wildman–Crippen LogP) is 5.35. The number of hydrogen-bond acceptors (Lipinski definition) is 6. The Balaban J connectivity index is 1.69. The van der Waals surface area contributed by atoms with Gasteiger partial charge in [0.1, 0.15) is 22.4 Å². The van der Waals surface area contributed by atoms with Gasteiger partial charge in [-0.2, -0.15) is 0 Å². The second-order valence-electron chi connectivity index (χ2n) is 10.3. The Morgan fingerprint density at radius 3 is 2.78 bits per heavy atom. The van der Waals surface area contributed by atoms with Gasteiger partial charge < -0.3 is 9.30 Å². The van der Waals surface area contributed by atoms with Crippen LogP contribution in [-0.2, 0) is 27.8 Å². The topological polar surface area (TPSA) is 107 Å². The Bertz CT molecular complexity index is 1960. The Morgan fingerprint density at radius 1 is 1.24 bits per heavy atom. The zero-order chi connectivity index (χ0) is 29.1. The molecule has 0 fully saturated rings. The van der Waals surface area contributed by atoms with Gasteiger partial charge in [-0.1, -0.05) is 48.0 Å². The fraction of sp³-hybridized carbons (Fsp3) is 0.233. The molecule has 4 aromatic rings. The van der Waals surface area contributed by atoms with E-state index in [1.54, 1.807) is 18.2 Å². The molecule has 1 amide bonds. The molecule has 0 saturated carbocycles. The highest BCUT2D eigenvalue weighted by Gasteiger charge is 2.35. The SMILES string of the molecule is CC(C)S(=O)(=O)NC(=O)c1c(C2=CC=CCC2=O)c2c3c(c(F)cc2n1Cc1cc2ccccc2nc1Cl)CCO3. The first kappa shape index (κ1) is 27.2. The van der Waals surface area contributed by atoms with Crippen molar-refractivity contribution in [1.29, 1.82) is 0 Å². The molecule has 2 aromatic carbocycles. The maximum atomic E-state index is 15.4. The van der Waals surface area contributed by atoms with Crippen molar-refractivity contribution in [2.75, 3.05) is 6.61 Å². The molecule has 2 aliphatic rings. The largest absolute Gasteiger partial charge is 0.492 e. The van der Waals surface area contributed by atoms with Gasteiger partial charge in [-0.3, -0.25) is 9.59 Å². The molecule has 0 unspecified atom stereocenters. The molecule has 0 radical (unpaired) electrons. The number of hydrogen-bond donors (Lipinski definition) is 1. The molecule has 0 saturated heterocycles. The van der Waals surface area contributed by atoms with Gasteiger partial charge >= 0.3 is 0 Å². The van der Waals surface area contributed by atoms with Crippen LogP contribution in [0, 0.1) is 5.82 Å². The molecule has 41 heavy (non-hydrogen) atoms. The van der Waals surface area contributed by atoms with Crippen LogP contribution in [0.15, 0.2) is 54.6 Å². The number of aromatic nitrogens is 2. The zero-order valence-electron chi connectivity index (χ0n) is 22.2. The van der Waals surface area contributed by atoms with Crippen LogP contribution in [0.4, 0.5) is 4.39 Å². The molecule has 3 heterocycles. The number of para-hydroxylation sites is 1. The van der Waals surface area contributed by atoms with Crippen molar-refractivity contribution in [3.8, 4) is 5.75 Å². The van der Waals surface area contributed by atoms with Crippen LogP contribution in [0.1, 0.15) is 47.4 Å². The van der Waals surface area contributed by atoms with Crippen molar-refractivity contribution in [2.24, 2.45) is 0 Å². The van der Waals surface area contributed by atoms with E-state index in [0.717, 1.165) is 5.39 Å². The number of nitrogens with one attached hydrogen (secondary N) is 1. The molecular weight excluding hydrogens is 569 g/mol. The summed E-state index contributed by atoms with van der Waals surface area (Å²) in [6.07, 6.45) is 5.37. The molecule has 0 atom stereocenters. The third-order valence-corrected chi connectivity index (χ3v) is 9.41. The summed E-state index contributed by atoms with van der Waals surface area (Å²) in [6.45, 7) is 3.06. The Labute approximate surface area is 240 Å². The highest BCUT2D eigenvalue weighted by atomic mass is 35.5. The molecule has 8 nitrogen and oxygen atoms in total. The van der Waals surface area contributed by atoms with E-state index in [2.05, 4.69) is 9.71 Å². The van der Waals surface area contributed by atoms with Crippen molar-refractivity contribution < 1.29 is 27.1 Å². The molecule has 0 bridgehead atoms. The number of ether oxygens (including phenoxy) is 1. The standard InChI is InChI=1S/C30H25ClFN3O5S/c1-16(2)41(38,39)34-30(37)27-25(20-8-4-6-10-24(20)36)26-23(14-21(32)19-11-12-40-28(19)26)35(27)15-18-13-17-7-3-5-9-22(17)33-29(18)31/h3-9,13-14,16H,10-12,15H2,1-2H3,(H,34,37). The molecule has 1 aliphatic heterocycles. The highest BCUT2D eigenvalue weighted by molar-refractivity contribution is 7.90. The van der Waals surface area contributed by atoms with Crippen LogP contribution in [0.5, 0.6) is 5.75 Å². The van der Waals surface area contributed by atoms with E-state index in [-0.39, 0.29) is 58.6 Å². The van der Waals surface area contributed by atoms with Gasteiger partial charge in [0.2, 0.25) is 10.0 Å². The van der Waals surface area contributed by atoms with E-state index in [1.807, 2.05) is 30.3 Å². The van der Waals surface area contributed by atoms with E-state index >= 15 is 4.39 Å². The van der Waals surface area contributed by atoms with E-state index in [1.165, 1.54) is 24.5 Å². The second kappa shape index (κ2) is 10.1. The Morgan fingerprint density at radius 2 is 2.02 bits per heavy atom. The number of rotatable bonds is 6. The lowest BCUT2D eigenvalue weighted by Crippen LogP contribution is -2.37. The van der Waals surface area contributed by atoms with Crippen molar-refractivity contribution in [3.63, 3.8) is 0 Å². The number of carbonyl (C=O) groups is 2. The lowest BCUT2D eigenvalue weighted by Gasteiger charge is -2.16. The monoisotopic (exact) mass is 593 g/mol. The zero-order valence-corrected chi connectivity index (χ0v) is 23.8. The quantitative estimate of drug-likeness (QED) is 0.302. The summed E-state index contributed by atoms with van der Waals surface area (Å²) in [5, 5.41) is 0.422. The van der Waals surface area contributed by atoms with Gasteiger partial charge in [0.15, 0.2) is 5.78 Å². The number of nitrogens with zero attached hydrogens (tertiary/aromatic N) is 2. The Kier molecular flexibility index (Phi) is 6.70. The summed E-state index contributed by atoms with van der Waals surface area (Å²) in [4.78, 5) is 31.6. The van der Waals surface area contributed by atoms with Gasteiger partial charge in [-0.25, -0.2) is 22.5 Å². The number of Topliss-reactive ketones (excluding diaryl/α,β-unsaturated/α-hetero) is 1. The van der Waals surface area contributed by atoms with E-state index in [4.69, 9.17) is 16.3 Å². The number of pyridine rings is 1. The summed E-state index contributed by atoms with van der Waals surface area (Å²) < 4.78 is 50.7. The van der Waals surface area contributed by atoms with Gasteiger partial charge in [-0.05, 0) is 32.0 Å². The smallest absolute Gasteiger partial charge is 0.282 e. The third-order valence-electron chi connectivity index (χ3n) is 7.38. The molecule has 1 aliphatic carbocycles. The molecule has 6 rings (SSSR count). The van der Waals surface area contributed by atoms with E-state index < -0.39 is 27.0 Å². The van der Waals surface area contributed by atoms with Crippen LogP contribution in [0.3, 0.4) is 0 Å². The van der Waals surface area contributed by atoms with Crippen molar-refractivity contribution in [2.45, 2.75) is 38.5 Å². The van der Waals surface area contributed by atoms with E-state index in [0.29, 0.717) is 28.5 Å². The minimum Gasteiger partial charge on any atom is -0.492 e. The highest BCUT2D eigenvalue weighted by Crippen LogP contribution is 2.44. The molecule has 210 valence electrons. The second-order valence-corrected chi connectivity index (χ2v) is 12.9. The van der Waals surface area contributed by atoms with Gasteiger partial charge in [0.25, 0.3) is 5.91 Å².